The molecule has 0 amide bonds. The maximum absolute atomic E-state index is 13.7. The van der Waals surface area contributed by atoms with Gasteiger partial charge in [0.15, 0.2) is 0 Å². The monoisotopic (exact) mass is 221 g/mol. The fraction of sp³-hybridized carbons (Fsp3) is 0.333. The Morgan fingerprint density at radius 1 is 1.40 bits per heavy atom. The Balaban J connectivity index is 2.11. The molecule has 1 unspecified atom stereocenters. The predicted octanol–water partition coefficient (Wildman–Crippen LogP) is 3.46. The van der Waals surface area contributed by atoms with Gasteiger partial charge >= 0.3 is 0 Å². The van der Waals surface area contributed by atoms with Gasteiger partial charge in [0.1, 0.15) is 5.82 Å². The molecule has 2 aromatic rings. The van der Waals surface area contributed by atoms with Crippen molar-refractivity contribution in [1.82, 2.24) is 5.32 Å². The molecule has 3 rings (SSSR count). The number of benzene rings is 1. The van der Waals surface area contributed by atoms with Crippen LogP contribution >= 0.6 is 11.3 Å². The molecular weight excluding hydrogens is 209 g/mol. The van der Waals surface area contributed by atoms with Crippen LogP contribution in [0.4, 0.5) is 4.39 Å². The first-order chi connectivity index (χ1) is 7.34. The molecule has 0 aliphatic carbocycles. The highest BCUT2D eigenvalue weighted by atomic mass is 32.1. The smallest absolute Gasteiger partial charge is 0.132 e. The zero-order chi connectivity index (χ0) is 10.3. The molecule has 2 heterocycles. The van der Waals surface area contributed by atoms with Crippen molar-refractivity contribution < 1.29 is 4.39 Å². The van der Waals surface area contributed by atoms with Gasteiger partial charge in [-0.1, -0.05) is 0 Å². The van der Waals surface area contributed by atoms with E-state index >= 15 is 0 Å². The summed E-state index contributed by atoms with van der Waals surface area (Å²) in [6.45, 7) is 1.05. The van der Waals surface area contributed by atoms with Crippen LogP contribution in [0.2, 0.25) is 0 Å². The third-order valence-electron chi connectivity index (χ3n) is 3.01. The molecule has 0 spiro atoms. The molecule has 1 aliphatic heterocycles. The van der Waals surface area contributed by atoms with E-state index < -0.39 is 0 Å². The molecule has 1 N–H and O–H groups in total. The van der Waals surface area contributed by atoms with Crippen LogP contribution in [0.15, 0.2) is 23.6 Å². The number of thiophene rings is 1. The fourth-order valence-corrected chi connectivity index (χ4v) is 3.06. The molecule has 1 saturated heterocycles. The first kappa shape index (κ1) is 9.31. The topological polar surface area (TPSA) is 12.0 Å². The quantitative estimate of drug-likeness (QED) is 0.777. The van der Waals surface area contributed by atoms with Crippen molar-refractivity contribution in [3.05, 3.63) is 35.0 Å². The normalized spacial score (nSPS) is 21.3. The Labute approximate surface area is 91.9 Å². The standard InChI is InChI=1S/C12H12FNS/c13-10-6-8(11-2-1-4-14-11)7-12-9(10)3-5-15-12/h3,5-7,11,14H,1-2,4H2. The van der Waals surface area contributed by atoms with Gasteiger partial charge in [-0.05, 0) is 48.5 Å². The van der Waals surface area contributed by atoms with Crippen LogP contribution in [-0.4, -0.2) is 6.54 Å². The predicted molar refractivity (Wildman–Crippen MR) is 61.8 cm³/mol. The van der Waals surface area contributed by atoms with Crippen LogP contribution in [0.5, 0.6) is 0 Å². The molecule has 1 aromatic heterocycles. The van der Waals surface area contributed by atoms with Gasteiger partial charge < -0.3 is 5.32 Å². The summed E-state index contributed by atoms with van der Waals surface area (Å²) in [7, 11) is 0. The number of hydrogen-bond donors (Lipinski definition) is 1. The van der Waals surface area contributed by atoms with Crippen molar-refractivity contribution in [3.63, 3.8) is 0 Å². The molecule has 15 heavy (non-hydrogen) atoms. The lowest BCUT2D eigenvalue weighted by Gasteiger charge is -2.10. The van der Waals surface area contributed by atoms with Gasteiger partial charge in [0.2, 0.25) is 0 Å². The Bertz CT molecular complexity index is 485. The third kappa shape index (κ3) is 1.56. The summed E-state index contributed by atoms with van der Waals surface area (Å²) in [4.78, 5) is 0. The van der Waals surface area contributed by atoms with Crippen LogP contribution in [0, 0.1) is 5.82 Å². The maximum Gasteiger partial charge on any atom is 0.132 e. The summed E-state index contributed by atoms with van der Waals surface area (Å²) in [5.41, 5.74) is 1.10. The molecule has 1 aliphatic rings. The average molecular weight is 221 g/mol. The van der Waals surface area contributed by atoms with Crippen molar-refractivity contribution >= 4 is 21.4 Å². The molecule has 1 aromatic carbocycles. The Morgan fingerprint density at radius 3 is 3.13 bits per heavy atom. The largest absolute Gasteiger partial charge is 0.310 e. The number of fused-ring (bicyclic) bond motifs is 1. The molecule has 0 radical (unpaired) electrons. The molecule has 1 nitrogen and oxygen atoms in total. The Hall–Kier alpha value is -0.930. The van der Waals surface area contributed by atoms with Gasteiger partial charge in [0.25, 0.3) is 0 Å². The lowest BCUT2D eigenvalue weighted by molar-refractivity contribution is 0.616. The second-order valence-corrected chi connectivity index (χ2v) is 4.93. The molecule has 1 atom stereocenters. The molecule has 0 bridgehead atoms. The summed E-state index contributed by atoms with van der Waals surface area (Å²) in [6.07, 6.45) is 2.31. The second kappa shape index (κ2) is 3.58. The summed E-state index contributed by atoms with van der Waals surface area (Å²) in [5.74, 6) is -0.0857. The zero-order valence-corrected chi connectivity index (χ0v) is 9.11. The summed E-state index contributed by atoms with van der Waals surface area (Å²) in [6, 6.07) is 6.00. The number of rotatable bonds is 1. The van der Waals surface area contributed by atoms with Crippen molar-refractivity contribution in [2.24, 2.45) is 0 Å². The highest BCUT2D eigenvalue weighted by Gasteiger charge is 2.17. The van der Waals surface area contributed by atoms with Crippen LogP contribution in [0.25, 0.3) is 10.1 Å². The molecular formula is C12H12FNS. The Morgan fingerprint density at radius 2 is 2.33 bits per heavy atom. The average Bonchev–Trinajstić information content (AvgIpc) is 2.88. The van der Waals surface area contributed by atoms with E-state index in [0.29, 0.717) is 6.04 Å². The minimum absolute atomic E-state index is 0.0857. The van der Waals surface area contributed by atoms with E-state index in [0.717, 1.165) is 28.6 Å². The Kier molecular flexibility index (Phi) is 2.22. The van der Waals surface area contributed by atoms with Crippen molar-refractivity contribution in [2.45, 2.75) is 18.9 Å². The van der Waals surface area contributed by atoms with Crippen molar-refractivity contribution in [2.75, 3.05) is 6.54 Å². The van der Waals surface area contributed by atoms with Crippen molar-refractivity contribution in [1.29, 1.82) is 0 Å². The maximum atomic E-state index is 13.7. The summed E-state index contributed by atoms with van der Waals surface area (Å²) < 4.78 is 14.8. The second-order valence-electron chi connectivity index (χ2n) is 3.98. The van der Waals surface area contributed by atoms with Crippen LogP contribution in [-0.2, 0) is 0 Å². The highest BCUT2D eigenvalue weighted by molar-refractivity contribution is 7.17. The zero-order valence-electron chi connectivity index (χ0n) is 8.29. The van der Waals surface area contributed by atoms with E-state index in [4.69, 9.17) is 0 Å². The fourth-order valence-electron chi connectivity index (χ4n) is 2.22. The van der Waals surface area contributed by atoms with E-state index in [9.17, 15) is 4.39 Å². The molecule has 78 valence electrons. The molecule has 1 fully saturated rings. The van der Waals surface area contributed by atoms with Crippen molar-refractivity contribution in [3.8, 4) is 0 Å². The number of nitrogens with one attached hydrogen (secondary N) is 1. The third-order valence-corrected chi connectivity index (χ3v) is 3.87. The van der Waals surface area contributed by atoms with Crippen LogP contribution < -0.4 is 5.32 Å². The minimum Gasteiger partial charge on any atom is -0.310 e. The number of halogens is 1. The molecule has 0 saturated carbocycles. The first-order valence-corrected chi connectivity index (χ1v) is 6.12. The van der Waals surface area contributed by atoms with E-state index in [-0.39, 0.29) is 5.82 Å². The van der Waals surface area contributed by atoms with E-state index in [1.807, 2.05) is 11.4 Å². The van der Waals surface area contributed by atoms with E-state index in [1.54, 1.807) is 17.4 Å². The summed E-state index contributed by atoms with van der Waals surface area (Å²) in [5, 5.41) is 6.09. The lowest BCUT2D eigenvalue weighted by Crippen LogP contribution is -2.12. The SMILES string of the molecule is Fc1cc(C2CCCN2)cc2sccc12. The highest BCUT2D eigenvalue weighted by Crippen LogP contribution is 2.30. The van der Waals surface area contributed by atoms with Gasteiger partial charge in [-0.3, -0.25) is 0 Å². The van der Waals surface area contributed by atoms with Crippen LogP contribution in [0.3, 0.4) is 0 Å². The van der Waals surface area contributed by atoms with E-state index in [2.05, 4.69) is 11.4 Å². The first-order valence-electron chi connectivity index (χ1n) is 5.24. The lowest BCUT2D eigenvalue weighted by atomic mass is 10.0. The van der Waals surface area contributed by atoms with Gasteiger partial charge in [0.05, 0.1) is 0 Å². The minimum atomic E-state index is -0.0857. The van der Waals surface area contributed by atoms with Gasteiger partial charge in [-0.15, -0.1) is 11.3 Å². The van der Waals surface area contributed by atoms with Gasteiger partial charge in [-0.2, -0.15) is 0 Å². The van der Waals surface area contributed by atoms with Gasteiger partial charge in [0, 0.05) is 16.1 Å². The van der Waals surface area contributed by atoms with Gasteiger partial charge in [-0.25, -0.2) is 4.39 Å². The number of hydrogen-bond acceptors (Lipinski definition) is 2. The molecule has 3 heteroatoms. The summed E-state index contributed by atoms with van der Waals surface area (Å²) >= 11 is 1.61. The van der Waals surface area contributed by atoms with E-state index in [1.165, 1.54) is 6.42 Å². The van der Waals surface area contributed by atoms with Crippen LogP contribution in [0.1, 0.15) is 24.4 Å².